The molecule has 0 aromatic heterocycles. The molecule has 1 amide bonds. The highest BCUT2D eigenvalue weighted by atomic mass is 32.2. The molecule has 0 aliphatic rings. The number of nitrogens with zero attached hydrogens (tertiary/aromatic N) is 2. The van der Waals surface area contributed by atoms with Gasteiger partial charge in [0.05, 0.1) is 23.4 Å². The van der Waals surface area contributed by atoms with Gasteiger partial charge in [0, 0.05) is 26.2 Å². The molecule has 0 saturated heterocycles. The maximum absolute atomic E-state index is 13.0. The Morgan fingerprint density at radius 2 is 1.56 bits per heavy atom. The van der Waals surface area contributed by atoms with Crippen molar-refractivity contribution in [2.75, 3.05) is 50.1 Å². The highest BCUT2D eigenvalue weighted by Crippen LogP contribution is 2.31. The number of hydrogen-bond acceptors (Lipinski definition) is 6. The molecule has 0 saturated carbocycles. The van der Waals surface area contributed by atoms with Crippen LogP contribution < -0.4 is 19.7 Å². The largest absolute Gasteiger partial charge is 0.493 e. The van der Waals surface area contributed by atoms with Gasteiger partial charge in [-0.25, -0.2) is 8.42 Å². The lowest BCUT2D eigenvalue weighted by Crippen LogP contribution is -2.31. The van der Waals surface area contributed by atoms with Gasteiger partial charge in [0.1, 0.15) is 0 Å². The molecule has 32 heavy (non-hydrogen) atoms. The summed E-state index contributed by atoms with van der Waals surface area (Å²) in [5.74, 6) is 0.574. The highest BCUT2D eigenvalue weighted by Gasteiger charge is 2.24. The second-order valence-corrected chi connectivity index (χ2v) is 8.87. The van der Waals surface area contributed by atoms with Crippen molar-refractivity contribution in [1.82, 2.24) is 4.31 Å². The first-order chi connectivity index (χ1) is 15.3. The average Bonchev–Trinajstić information content (AvgIpc) is 2.80. The molecular formula is C23H33N3O5S. The zero-order valence-electron chi connectivity index (χ0n) is 19.4. The number of carbonyl (C=O) groups excluding carboxylic acids is 1. The van der Waals surface area contributed by atoms with Crippen LogP contribution in [0, 0.1) is 0 Å². The quantitative estimate of drug-likeness (QED) is 0.518. The maximum Gasteiger partial charge on any atom is 0.262 e. The fourth-order valence-corrected chi connectivity index (χ4v) is 4.88. The van der Waals surface area contributed by atoms with Gasteiger partial charge in [-0.15, -0.1) is 0 Å². The van der Waals surface area contributed by atoms with Gasteiger partial charge in [-0.2, -0.15) is 4.31 Å². The first-order valence-electron chi connectivity index (χ1n) is 10.8. The van der Waals surface area contributed by atoms with Gasteiger partial charge in [-0.1, -0.05) is 26.0 Å². The van der Waals surface area contributed by atoms with Gasteiger partial charge in [0.15, 0.2) is 18.1 Å². The normalized spacial score (nSPS) is 11.3. The number of carbonyl (C=O) groups is 1. The molecule has 9 heteroatoms. The third-order valence-corrected chi connectivity index (χ3v) is 7.16. The summed E-state index contributed by atoms with van der Waals surface area (Å²) in [7, 11) is -2.14. The van der Waals surface area contributed by atoms with Crippen LogP contribution in [0.1, 0.15) is 27.7 Å². The number of nitrogens with one attached hydrogen (secondary N) is 1. The van der Waals surface area contributed by atoms with E-state index in [2.05, 4.69) is 5.32 Å². The van der Waals surface area contributed by atoms with E-state index in [-0.39, 0.29) is 11.5 Å². The summed E-state index contributed by atoms with van der Waals surface area (Å²) in [6.45, 7) is 9.49. The Bertz CT molecular complexity index is 1000. The number of para-hydroxylation sites is 2. The van der Waals surface area contributed by atoms with Crippen LogP contribution in [0.3, 0.4) is 0 Å². The molecule has 176 valence electrons. The predicted molar refractivity (Wildman–Crippen MR) is 127 cm³/mol. The molecule has 8 nitrogen and oxygen atoms in total. The molecule has 0 unspecified atom stereocenters. The average molecular weight is 464 g/mol. The second-order valence-electron chi connectivity index (χ2n) is 6.93. The van der Waals surface area contributed by atoms with E-state index in [1.54, 1.807) is 44.2 Å². The molecular weight excluding hydrogens is 430 g/mol. The minimum absolute atomic E-state index is 0.137. The summed E-state index contributed by atoms with van der Waals surface area (Å²) in [5.41, 5.74) is 1.18. The van der Waals surface area contributed by atoms with E-state index in [1.165, 1.54) is 17.5 Å². The molecule has 0 atom stereocenters. The van der Waals surface area contributed by atoms with Gasteiger partial charge in [0.2, 0.25) is 10.0 Å². The van der Waals surface area contributed by atoms with Crippen molar-refractivity contribution >= 4 is 27.3 Å². The number of anilines is 2. The van der Waals surface area contributed by atoms with Crippen LogP contribution >= 0.6 is 0 Å². The first kappa shape index (κ1) is 25.5. The smallest absolute Gasteiger partial charge is 0.262 e. The van der Waals surface area contributed by atoms with Crippen molar-refractivity contribution in [2.45, 2.75) is 32.6 Å². The van der Waals surface area contributed by atoms with Crippen molar-refractivity contribution in [3.8, 4) is 11.5 Å². The van der Waals surface area contributed by atoms with Gasteiger partial charge >= 0.3 is 0 Å². The summed E-state index contributed by atoms with van der Waals surface area (Å²) in [6.07, 6.45) is 0. The van der Waals surface area contributed by atoms with E-state index in [4.69, 9.17) is 9.47 Å². The summed E-state index contributed by atoms with van der Waals surface area (Å²) < 4.78 is 38.2. The SMILES string of the molecule is CCN(CC)c1ccc(S(=O)(=O)N(CC)CC)cc1NC(=O)COc1ccccc1OC. The standard InChI is InChI=1S/C23H33N3O5S/c1-6-25(7-2)20-15-14-18(32(28,29)26(8-3)9-4)16-19(20)24-23(27)17-31-22-13-11-10-12-21(22)30-5/h10-16H,6-9,17H2,1-5H3,(H,24,27). The van der Waals surface area contributed by atoms with Crippen molar-refractivity contribution in [3.05, 3.63) is 42.5 Å². The van der Waals surface area contributed by atoms with Gasteiger partial charge in [-0.05, 0) is 44.2 Å². The molecule has 0 bridgehead atoms. The van der Waals surface area contributed by atoms with Crippen LogP contribution in [0.15, 0.2) is 47.4 Å². The first-order valence-corrected chi connectivity index (χ1v) is 12.2. The molecule has 0 aliphatic carbocycles. The molecule has 0 spiro atoms. The maximum atomic E-state index is 13.0. The van der Waals surface area contributed by atoms with Crippen LogP contribution in [-0.4, -0.2) is 58.5 Å². The van der Waals surface area contributed by atoms with E-state index in [0.717, 1.165) is 5.69 Å². The lowest BCUT2D eigenvalue weighted by molar-refractivity contribution is -0.118. The van der Waals surface area contributed by atoms with E-state index in [9.17, 15) is 13.2 Å². The number of ether oxygens (including phenoxy) is 2. The van der Waals surface area contributed by atoms with E-state index in [1.807, 2.05) is 24.8 Å². The Morgan fingerprint density at radius 3 is 2.12 bits per heavy atom. The number of sulfonamides is 1. The monoisotopic (exact) mass is 463 g/mol. The van der Waals surface area contributed by atoms with Gasteiger partial charge in [0.25, 0.3) is 5.91 Å². The van der Waals surface area contributed by atoms with Crippen molar-refractivity contribution in [1.29, 1.82) is 0 Å². The molecule has 0 heterocycles. The second kappa shape index (κ2) is 11.7. The third-order valence-electron chi connectivity index (χ3n) is 5.12. The van der Waals surface area contributed by atoms with Crippen LogP contribution in [0.2, 0.25) is 0 Å². The Kier molecular flexibility index (Phi) is 9.34. The third kappa shape index (κ3) is 5.92. The fraction of sp³-hybridized carbons (Fsp3) is 0.435. The summed E-state index contributed by atoms with van der Waals surface area (Å²) >= 11 is 0. The summed E-state index contributed by atoms with van der Waals surface area (Å²) in [5, 5.41) is 2.83. The number of hydrogen-bond donors (Lipinski definition) is 1. The number of amides is 1. The van der Waals surface area contributed by atoms with Gasteiger partial charge in [-0.3, -0.25) is 4.79 Å². The molecule has 2 aromatic rings. The van der Waals surface area contributed by atoms with Gasteiger partial charge < -0.3 is 19.7 Å². The lowest BCUT2D eigenvalue weighted by Gasteiger charge is -2.26. The number of rotatable bonds is 12. The van der Waals surface area contributed by atoms with Crippen LogP contribution in [0.5, 0.6) is 11.5 Å². The Labute approximate surface area is 191 Å². The lowest BCUT2D eigenvalue weighted by atomic mass is 10.2. The fourth-order valence-electron chi connectivity index (χ4n) is 3.40. The van der Waals surface area contributed by atoms with Crippen molar-refractivity contribution in [3.63, 3.8) is 0 Å². The van der Waals surface area contributed by atoms with E-state index >= 15 is 0 Å². The Hall–Kier alpha value is -2.78. The molecule has 0 fully saturated rings. The number of benzene rings is 2. The highest BCUT2D eigenvalue weighted by molar-refractivity contribution is 7.89. The summed E-state index contributed by atoms with van der Waals surface area (Å²) in [6, 6.07) is 11.9. The van der Waals surface area contributed by atoms with E-state index < -0.39 is 15.9 Å². The zero-order valence-corrected chi connectivity index (χ0v) is 20.2. The molecule has 1 N–H and O–H groups in total. The Balaban J connectivity index is 2.33. The minimum Gasteiger partial charge on any atom is -0.493 e. The molecule has 0 aliphatic heterocycles. The van der Waals surface area contributed by atoms with Crippen LogP contribution in [-0.2, 0) is 14.8 Å². The zero-order chi connectivity index (χ0) is 23.7. The number of methoxy groups -OCH3 is 1. The Morgan fingerprint density at radius 1 is 0.938 bits per heavy atom. The topological polar surface area (TPSA) is 88.2 Å². The van der Waals surface area contributed by atoms with Crippen molar-refractivity contribution in [2.24, 2.45) is 0 Å². The minimum atomic E-state index is -3.66. The van der Waals surface area contributed by atoms with Crippen molar-refractivity contribution < 1.29 is 22.7 Å². The van der Waals surface area contributed by atoms with Crippen LogP contribution in [0.25, 0.3) is 0 Å². The predicted octanol–water partition coefficient (Wildman–Crippen LogP) is 3.59. The van der Waals surface area contributed by atoms with E-state index in [0.29, 0.717) is 43.4 Å². The molecule has 2 rings (SSSR count). The molecule has 0 radical (unpaired) electrons. The molecule has 2 aromatic carbocycles. The summed E-state index contributed by atoms with van der Waals surface area (Å²) in [4.78, 5) is 14.9. The van der Waals surface area contributed by atoms with Crippen LogP contribution in [0.4, 0.5) is 11.4 Å².